The van der Waals surface area contributed by atoms with Gasteiger partial charge in [0.25, 0.3) is 0 Å². The lowest BCUT2D eigenvalue weighted by molar-refractivity contribution is -0.115. The predicted octanol–water partition coefficient (Wildman–Crippen LogP) is 3.59. The summed E-state index contributed by atoms with van der Waals surface area (Å²) in [5, 5.41) is 17.0. The standard InChI is InChI=1S/C19H17N5O2S/c1-13(27-19-21-22-23-24(19)12-17-7-4-10-26-17)18(25)20-16-9-8-14-5-2-3-6-15(14)11-16/h2-11,13H,12H2,1H3,(H,20,25). The normalized spacial score (nSPS) is 12.2. The molecule has 7 nitrogen and oxygen atoms in total. The summed E-state index contributed by atoms with van der Waals surface area (Å²) in [7, 11) is 0. The summed E-state index contributed by atoms with van der Waals surface area (Å²) >= 11 is 1.30. The number of aromatic nitrogens is 4. The van der Waals surface area contributed by atoms with E-state index in [1.54, 1.807) is 10.9 Å². The van der Waals surface area contributed by atoms with Crippen molar-refractivity contribution in [2.75, 3.05) is 5.32 Å². The number of fused-ring (bicyclic) bond motifs is 1. The summed E-state index contributed by atoms with van der Waals surface area (Å²) in [6.07, 6.45) is 1.60. The molecule has 0 aliphatic rings. The van der Waals surface area contributed by atoms with E-state index in [9.17, 15) is 4.79 Å². The number of anilines is 1. The Hall–Kier alpha value is -3.13. The molecule has 0 bridgehead atoms. The van der Waals surface area contributed by atoms with Gasteiger partial charge < -0.3 is 9.73 Å². The van der Waals surface area contributed by atoms with Crippen LogP contribution in [-0.4, -0.2) is 31.4 Å². The minimum absolute atomic E-state index is 0.108. The maximum Gasteiger partial charge on any atom is 0.237 e. The van der Waals surface area contributed by atoms with E-state index in [4.69, 9.17) is 4.42 Å². The summed E-state index contributed by atoms with van der Waals surface area (Å²) in [5.41, 5.74) is 0.765. The van der Waals surface area contributed by atoms with E-state index in [-0.39, 0.29) is 11.2 Å². The molecule has 136 valence electrons. The molecule has 0 saturated heterocycles. The number of tetrazole rings is 1. The van der Waals surface area contributed by atoms with E-state index in [1.807, 2.05) is 61.5 Å². The molecule has 0 aliphatic heterocycles. The van der Waals surface area contributed by atoms with E-state index in [0.717, 1.165) is 22.2 Å². The predicted molar refractivity (Wildman–Crippen MR) is 104 cm³/mol. The van der Waals surface area contributed by atoms with Crippen molar-refractivity contribution in [3.63, 3.8) is 0 Å². The number of hydrogen-bond donors (Lipinski definition) is 1. The number of carbonyl (C=O) groups is 1. The van der Waals surface area contributed by atoms with Gasteiger partial charge in [-0.15, -0.1) is 5.10 Å². The number of amides is 1. The number of nitrogens with one attached hydrogen (secondary N) is 1. The van der Waals surface area contributed by atoms with Gasteiger partial charge >= 0.3 is 0 Å². The van der Waals surface area contributed by atoms with Gasteiger partial charge in [0.05, 0.1) is 11.5 Å². The van der Waals surface area contributed by atoms with Crippen molar-refractivity contribution < 1.29 is 9.21 Å². The lowest BCUT2D eigenvalue weighted by Crippen LogP contribution is -2.23. The van der Waals surface area contributed by atoms with Crippen molar-refractivity contribution >= 4 is 34.1 Å². The number of nitrogens with zero attached hydrogens (tertiary/aromatic N) is 4. The third kappa shape index (κ3) is 4.01. The van der Waals surface area contributed by atoms with Gasteiger partial charge in [-0.25, -0.2) is 4.68 Å². The maximum atomic E-state index is 12.6. The van der Waals surface area contributed by atoms with Crippen molar-refractivity contribution in [1.29, 1.82) is 0 Å². The SMILES string of the molecule is CC(Sc1nnnn1Cc1ccco1)C(=O)Nc1ccc2ccccc2c1. The molecule has 0 radical (unpaired) electrons. The average Bonchev–Trinajstić information content (AvgIpc) is 3.34. The van der Waals surface area contributed by atoms with Crippen LogP contribution in [0.25, 0.3) is 10.8 Å². The molecule has 1 N–H and O–H groups in total. The molecule has 2 aromatic carbocycles. The van der Waals surface area contributed by atoms with Gasteiger partial charge in [-0.1, -0.05) is 42.1 Å². The first-order valence-corrected chi connectivity index (χ1v) is 9.32. The van der Waals surface area contributed by atoms with Crippen LogP contribution in [0.15, 0.2) is 70.4 Å². The highest BCUT2D eigenvalue weighted by Crippen LogP contribution is 2.24. The van der Waals surface area contributed by atoms with Crippen LogP contribution in [-0.2, 0) is 11.3 Å². The fourth-order valence-corrected chi connectivity index (χ4v) is 3.44. The molecule has 0 fully saturated rings. The zero-order chi connectivity index (χ0) is 18.6. The Morgan fingerprint density at radius 3 is 2.85 bits per heavy atom. The second-order valence-electron chi connectivity index (χ2n) is 6.01. The molecule has 8 heteroatoms. The summed E-state index contributed by atoms with van der Waals surface area (Å²) < 4.78 is 6.94. The minimum atomic E-state index is -0.363. The van der Waals surface area contributed by atoms with Crippen LogP contribution >= 0.6 is 11.8 Å². The van der Waals surface area contributed by atoms with Crippen molar-refractivity contribution in [2.45, 2.75) is 23.9 Å². The highest BCUT2D eigenvalue weighted by atomic mass is 32.2. The molecule has 4 aromatic rings. The topological polar surface area (TPSA) is 85.8 Å². The zero-order valence-corrected chi connectivity index (χ0v) is 15.4. The van der Waals surface area contributed by atoms with Crippen LogP contribution in [0.3, 0.4) is 0 Å². The molecule has 0 saturated carbocycles. The second kappa shape index (κ2) is 7.63. The first kappa shape index (κ1) is 17.3. The Morgan fingerprint density at radius 2 is 2.04 bits per heavy atom. The van der Waals surface area contributed by atoms with Gasteiger partial charge in [0.1, 0.15) is 12.3 Å². The summed E-state index contributed by atoms with van der Waals surface area (Å²) in [4.78, 5) is 12.6. The number of hydrogen-bond acceptors (Lipinski definition) is 6. The Kier molecular flexibility index (Phi) is 4.88. The molecule has 27 heavy (non-hydrogen) atoms. The first-order valence-electron chi connectivity index (χ1n) is 8.44. The van der Waals surface area contributed by atoms with Gasteiger partial charge in [0.15, 0.2) is 0 Å². The van der Waals surface area contributed by atoms with Crippen LogP contribution in [0.2, 0.25) is 0 Å². The number of rotatable bonds is 6. The minimum Gasteiger partial charge on any atom is -0.467 e. The Labute approximate surface area is 159 Å². The number of benzene rings is 2. The zero-order valence-electron chi connectivity index (χ0n) is 14.6. The number of thioether (sulfide) groups is 1. The second-order valence-corrected chi connectivity index (χ2v) is 7.32. The van der Waals surface area contributed by atoms with Crippen LogP contribution in [0, 0.1) is 0 Å². The largest absolute Gasteiger partial charge is 0.467 e. The highest BCUT2D eigenvalue weighted by Gasteiger charge is 2.19. The summed E-state index contributed by atoms with van der Waals surface area (Å²) in [5.74, 6) is 0.639. The van der Waals surface area contributed by atoms with E-state index in [0.29, 0.717) is 11.7 Å². The quantitative estimate of drug-likeness (QED) is 0.515. The highest BCUT2D eigenvalue weighted by molar-refractivity contribution is 8.00. The number of furan rings is 1. The average molecular weight is 379 g/mol. The fourth-order valence-electron chi connectivity index (χ4n) is 2.65. The lowest BCUT2D eigenvalue weighted by Gasteiger charge is -2.12. The van der Waals surface area contributed by atoms with E-state index in [1.165, 1.54) is 11.8 Å². The van der Waals surface area contributed by atoms with Crippen LogP contribution in [0.1, 0.15) is 12.7 Å². The van der Waals surface area contributed by atoms with Gasteiger partial charge in [-0.2, -0.15) is 0 Å². The first-order chi connectivity index (χ1) is 13.2. The molecular weight excluding hydrogens is 362 g/mol. The Morgan fingerprint density at radius 1 is 1.19 bits per heavy atom. The van der Waals surface area contributed by atoms with Gasteiger partial charge in [0, 0.05) is 5.69 Å². The van der Waals surface area contributed by atoms with Crippen molar-refractivity contribution in [3.8, 4) is 0 Å². The molecule has 2 aromatic heterocycles. The molecule has 1 amide bonds. The summed E-state index contributed by atoms with van der Waals surface area (Å²) in [6.45, 7) is 2.24. The fraction of sp³-hybridized carbons (Fsp3) is 0.158. The smallest absolute Gasteiger partial charge is 0.237 e. The molecule has 1 atom stereocenters. The molecule has 0 spiro atoms. The van der Waals surface area contributed by atoms with Crippen molar-refractivity contribution in [2.24, 2.45) is 0 Å². The van der Waals surface area contributed by atoms with Crippen molar-refractivity contribution in [1.82, 2.24) is 20.2 Å². The molecular formula is C19H17N5O2S. The van der Waals surface area contributed by atoms with Gasteiger partial charge in [-0.3, -0.25) is 4.79 Å². The lowest BCUT2D eigenvalue weighted by atomic mass is 10.1. The van der Waals surface area contributed by atoms with Crippen LogP contribution < -0.4 is 5.32 Å². The Bertz CT molecular complexity index is 1060. The van der Waals surface area contributed by atoms with Crippen LogP contribution in [0.4, 0.5) is 5.69 Å². The molecule has 1 unspecified atom stereocenters. The van der Waals surface area contributed by atoms with Gasteiger partial charge in [-0.05, 0) is 52.4 Å². The van der Waals surface area contributed by atoms with E-state index >= 15 is 0 Å². The summed E-state index contributed by atoms with van der Waals surface area (Å²) in [6, 6.07) is 17.6. The third-order valence-electron chi connectivity index (χ3n) is 4.05. The molecule has 0 aliphatic carbocycles. The molecule has 2 heterocycles. The Balaban J connectivity index is 1.42. The monoisotopic (exact) mass is 379 g/mol. The third-order valence-corrected chi connectivity index (χ3v) is 5.12. The maximum absolute atomic E-state index is 12.6. The van der Waals surface area contributed by atoms with E-state index in [2.05, 4.69) is 20.8 Å². The van der Waals surface area contributed by atoms with Crippen molar-refractivity contribution in [3.05, 3.63) is 66.6 Å². The molecule has 4 rings (SSSR count). The number of carbonyl (C=O) groups excluding carboxylic acids is 1. The van der Waals surface area contributed by atoms with E-state index < -0.39 is 0 Å². The van der Waals surface area contributed by atoms with Gasteiger partial charge in [0.2, 0.25) is 11.1 Å². The van der Waals surface area contributed by atoms with Crippen LogP contribution in [0.5, 0.6) is 0 Å².